The zero-order chi connectivity index (χ0) is 26.2. The molecule has 3 aromatic carbocycles. The van der Waals surface area contributed by atoms with Crippen molar-refractivity contribution in [1.82, 2.24) is 4.31 Å². The van der Waals surface area contributed by atoms with Crippen molar-refractivity contribution < 1.29 is 27.8 Å². The maximum Gasteiger partial charge on any atom is 0.243 e. The van der Waals surface area contributed by atoms with Gasteiger partial charge in [-0.3, -0.25) is 4.79 Å². The number of amides is 1. The second-order valence-corrected chi connectivity index (χ2v) is 11.3. The van der Waals surface area contributed by atoms with Crippen molar-refractivity contribution in [2.75, 3.05) is 31.8 Å². The zero-order valence-corrected chi connectivity index (χ0v) is 21.7. The molecule has 2 aliphatic rings. The van der Waals surface area contributed by atoms with Crippen molar-refractivity contribution >= 4 is 21.6 Å². The molecule has 0 bridgehead atoms. The summed E-state index contributed by atoms with van der Waals surface area (Å²) in [5, 5.41) is 12.3. The number of aliphatic hydroxyl groups is 1. The lowest BCUT2D eigenvalue weighted by Gasteiger charge is -2.19. The van der Waals surface area contributed by atoms with Gasteiger partial charge >= 0.3 is 0 Å². The summed E-state index contributed by atoms with van der Waals surface area (Å²) in [6.07, 6.45) is 1.52. The molecule has 0 unspecified atom stereocenters. The van der Waals surface area contributed by atoms with Crippen LogP contribution in [0.4, 0.5) is 5.69 Å². The lowest BCUT2D eigenvalue weighted by Crippen LogP contribution is -2.33. The van der Waals surface area contributed by atoms with E-state index in [9.17, 15) is 18.3 Å². The second-order valence-electron chi connectivity index (χ2n) is 9.38. The number of carbonyl (C=O) groups excluding carboxylic acids is 1. The van der Waals surface area contributed by atoms with Gasteiger partial charge in [-0.05, 0) is 78.4 Å². The summed E-state index contributed by atoms with van der Waals surface area (Å²) < 4.78 is 37.9. The average molecular weight is 523 g/mol. The Kier molecular flexibility index (Phi) is 6.70. The topological polar surface area (TPSA) is 105 Å². The van der Waals surface area contributed by atoms with E-state index in [4.69, 9.17) is 9.47 Å². The summed E-state index contributed by atoms with van der Waals surface area (Å²) >= 11 is 0. The fourth-order valence-electron chi connectivity index (χ4n) is 4.74. The van der Waals surface area contributed by atoms with Gasteiger partial charge in [-0.2, -0.15) is 4.31 Å². The highest BCUT2D eigenvalue weighted by Crippen LogP contribution is 2.51. The molecule has 1 aliphatic carbocycles. The maximum atomic E-state index is 13.4. The van der Waals surface area contributed by atoms with E-state index in [1.165, 1.54) is 4.31 Å². The van der Waals surface area contributed by atoms with Crippen LogP contribution in [0.25, 0.3) is 11.1 Å². The Morgan fingerprint density at radius 2 is 1.76 bits per heavy atom. The highest BCUT2D eigenvalue weighted by molar-refractivity contribution is 7.89. The molecule has 1 fully saturated rings. The standard InChI is InChI=1S/C28H30N2O6S/c1-3-30(14-15-31)37(33,34)23-9-5-20(6-10-23)24-17-22(8-4-19(24)2)29-27(32)28(12-13-28)21-7-11-25-26(16-21)36-18-35-25/h4-11,16-17,31H,3,12-15,18H2,1-2H3,(H,29,32). The van der Waals surface area contributed by atoms with Crippen LogP contribution in [-0.4, -0.2) is 50.2 Å². The van der Waals surface area contributed by atoms with E-state index in [0.29, 0.717) is 17.2 Å². The highest BCUT2D eigenvalue weighted by Gasteiger charge is 2.51. The molecule has 1 saturated carbocycles. The van der Waals surface area contributed by atoms with E-state index in [0.717, 1.165) is 35.1 Å². The van der Waals surface area contributed by atoms with Crippen LogP contribution in [0.2, 0.25) is 0 Å². The van der Waals surface area contributed by atoms with E-state index in [1.54, 1.807) is 31.2 Å². The van der Waals surface area contributed by atoms with Gasteiger partial charge in [0.25, 0.3) is 0 Å². The minimum atomic E-state index is -3.69. The van der Waals surface area contributed by atoms with Gasteiger partial charge in [-0.1, -0.05) is 31.2 Å². The highest BCUT2D eigenvalue weighted by atomic mass is 32.2. The van der Waals surface area contributed by atoms with Crippen molar-refractivity contribution in [2.45, 2.75) is 37.0 Å². The Balaban J connectivity index is 1.36. The fraction of sp³-hybridized carbons (Fsp3) is 0.321. The normalized spacial score (nSPS) is 15.6. The quantitative estimate of drug-likeness (QED) is 0.439. The van der Waals surface area contributed by atoms with Crippen molar-refractivity contribution in [3.8, 4) is 22.6 Å². The number of benzene rings is 3. The van der Waals surface area contributed by atoms with Gasteiger partial charge in [-0.15, -0.1) is 0 Å². The van der Waals surface area contributed by atoms with Crippen LogP contribution in [0.15, 0.2) is 65.6 Å². The third-order valence-electron chi connectivity index (χ3n) is 7.11. The number of fused-ring (bicyclic) bond motifs is 1. The molecular weight excluding hydrogens is 492 g/mol. The first-order valence-corrected chi connectivity index (χ1v) is 13.8. The van der Waals surface area contributed by atoms with Crippen LogP contribution < -0.4 is 14.8 Å². The summed E-state index contributed by atoms with van der Waals surface area (Å²) in [5.41, 5.74) is 3.75. The van der Waals surface area contributed by atoms with E-state index in [2.05, 4.69) is 5.32 Å². The Morgan fingerprint density at radius 3 is 2.43 bits per heavy atom. The van der Waals surface area contributed by atoms with Crippen LogP contribution in [0.5, 0.6) is 11.5 Å². The number of sulfonamides is 1. The van der Waals surface area contributed by atoms with Crippen molar-refractivity contribution in [2.24, 2.45) is 0 Å². The van der Waals surface area contributed by atoms with Crippen molar-refractivity contribution in [3.63, 3.8) is 0 Å². The Hall–Kier alpha value is -3.40. The SMILES string of the molecule is CCN(CCO)S(=O)(=O)c1ccc(-c2cc(NC(=O)C3(c4ccc5c(c4)OCO5)CC3)ccc2C)cc1. The smallest absolute Gasteiger partial charge is 0.243 e. The fourth-order valence-corrected chi connectivity index (χ4v) is 6.18. The van der Waals surface area contributed by atoms with Crippen molar-refractivity contribution in [3.05, 3.63) is 71.8 Å². The molecule has 9 heteroatoms. The molecule has 0 atom stereocenters. The molecule has 2 N–H and O–H groups in total. The molecule has 5 rings (SSSR count). The van der Waals surface area contributed by atoms with Gasteiger partial charge in [0.1, 0.15) is 0 Å². The lowest BCUT2D eigenvalue weighted by atomic mass is 9.94. The Labute approximate surface area is 216 Å². The second kappa shape index (κ2) is 9.81. The average Bonchev–Trinajstić information content (AvgIpc) is 3.59. The number of aryl methyl sites for hydroxylation is 1. The lowest BCUT2D eigenvalue weighted by molar-refractivity contribution is -0.118. The van der Waals surface area contributed by atoms with E-state index in [-0.39, 0.29) is 37.3 Å². The molecule has 0 radical (unpaired) electrons. The number of nitrogens with zero attached hydrogens (tertiary/aromatic N) is 1. The van der Waals surface area contributed by atoms with Gasteiger partial charge in [0, 0.05) is 18.8 Å². The van der Waals surface area contributed by atoms with Gasteiger partial charge in [0.2, 0.25) is 22.7 Å². The minimum Gasteiger partial charge on any atom is -0.454 e. The number of anilines is 1. The molecule has 0 aromatic heterocycles. The van der Waals surface area contributed by atoms with E-state index in [1.807, 2.05) is 43.3 Å². The molecule has 1 heterocycles. The van der Waals surface area contributed by atoms with Crippen LogP contribution >= 0.6 is 0 Å². The van der Waals surface area contributed by atoms with Crippen molar-refractivity contribution in [1.29, 1.82) is 0 Å². The summed E-state index contributed by atoms with van der Waals surface area (Å²) in [6.45, 7) is 3.99. The molecule has 37 heavy (non-hydrogen) atoms. The molecule has 3 aromatic rings. The van der Waals surface area contributed by atoms with Crippen LogP contribution in [0.3, 0.4) is 0 Å². The molecule has 194 valence electrons. The Bertz CT molecular complexity index is 1430. The van der Waals surface area contributed by atoms with Crippen LogP contribution in [0.1, 0.15) is 30.9 Å². The number of likely N-dealkylation sites (N-methyl/N-ethyl adjacent to an activating group) is 1. The zero-order valence-electron chi connectivity index (χ0n) is 20.9. The number of hydrogen-bond acceptors (Lipinski definition) is 6. The number of ether oxygens (including phenoxy) is 2. The van der Waals surface area contributed by atoms with Gasteiger partial charge in [-0.25, -0.2) is 8.42 Å². The van der Waals surface area contributed by atoms with E-state index < -0.39 is 15.4 Å². The first-order chi connectivity index (χ1) is 17.8. The number of nitrogens with one attached hydrogen (secondary N) is 1. The van der Waals surface area contributed by atoms with Gasteiger partial charge in [0.05, 0.1) is 16.9 Å². The molecule has 1 aliphatic heterocycles. The first kappa shape index (κ1) is 25.3. The number of hydrogen-bond donors (Lipinski definition) is 2. The maximum absolute atomic E-state index is 13.4. The summed E-state index contributed by atoms with van der Waals surface area (Å²) in [4.78, 5) is 13.5. The molecule has 0 saturated heterocycles. The predicted molar refractivity (Wildman–Crippen MR) is 140 cm³/mol. The predicted octanol–water partition coefficient (Wildman–Crippen LogP) is 4.06. The number of aliphatic hydroxyl groups excluding tert-OH is 1. The number of rotatable bonds is 9. The Morgan fingerprint density at radius 1 is 1.03 bits per heavy atom. The number of carbonyl (C=O) groups is 1. The first-order valence-electron chi connectivity index (χ1n) is 12.3. The minimum absolute atomic E-state index is 0.0508. The molecule has 0 spiro atoms. The molecule has 1 amide bonds. The third-order valence-corrected chi connectivity index (χ3v) is 9.10. The van der Waals surface area contributed by atoms with Crippen LogP contribution in [-0.2, 0) is 20.2 Å². The van der Waals surface area contributed by atoms with Crippen LogP contribution in [0, 0.1) is 6.92 Å². The molecular formula is C28H30N2O6S. The molecule has 8 nitrogen and oxygen atoms in total. The summed E-state index contributed by atoms with van der Waals surface area (Å²) in [7, 11) is -3.69. The summed E-state index contributed by atoms with van der Waals surface area (Å²) in [5.74, 6) is 1.29. The van der Waals surface area contributed by atoms with Gasteiger partial charge < -0.3 is 19.9 Å². The van der Waals surface area contributed by atoms with E-state index >= 15 is 0 Å². The summed E-state index contributed by atoms with van der Waals surface area (Å²) in [6, 6.07) is 18.1. The van der Waals surface area contributed by atoms with Gasteiger partial charge in [0.15, 0.2) is 11.5 Å². The third kappa shape index (κ3) is 4.70. The largest absolute Gasteiger partial charge is 0.454 e. The monoisotopic (exact) mass is 522 g/mol.